The molecule has 0 aliphatic heterocycles. The van der Waals surface area contributed by atoms with Gasteiger partial charge in [-0.05, 0) is 50.2 Å². The lowest BCUT2D eigenvalue weighted by Gasteiger charge is -2.31. The Morgan fingerprint density at radius 3 is 2.15 bits per heavy atom. The number of carbonyl (C=O) groups excluding carboxylic acids is 2. The predicted octanol–water partition coefficient (Wildman–Crippen LogP) is 2.95. The lowest BCUT2D eigenvalue weighted by Crippen LogP contribution is -2.44. The van der Waals surface area contributed by atoms with Gasteiger partial charge in [-0.1, -0.05) is 18.2 Å². The van der Waals surface area contributed by atoms with Crippen molar-refractivity contribution < 1.29 is 14.0 Å². The monoisotopic (exact) mass is 357 g/mol. The van der Waals surface area contributed by atoms with Gasteiger partial charge in [-0.25, -0.2) is 4.39 Å². The van der Waals surface area contributed by atoms with Crippen LogP contribution < -0.4 is 15.5 Å². The number of primary amides is 1. The van der Waals surface area contributed by atoms with Crippen molar-refractivity contribution >= 4 is 23.2 Å². The summed E-state index contributed by atoms with van der Waals surface area (Å²) in [5.41, 5.74) is 6.72. The number of para-hydroxylation sites is 1. The Balaban J connectivity index is 2.22. The third kappa shape index (κ3) is 5.31. The molecule has 2 amide bonds. The molecule has 2 N–H and O–H groups in total. The second-order valence-electron chi connectivity index (χ2n) is 6.30. The summed E-state index contributed by atoms with van der Waals surface area (Å²) in [6.45, 7) is 4.25. The van der Waals surface area contributed by atoms with Crippen molar-refractivity contribution in [2.45, 2.75) is 26.3 Å². The van der Waals surface area contributed by atoms with Crippen LogP contribution >= 0.6 is 0 Å². The maximum absolute atomic E-state index is 13.2. The maximum Gasteiger partial charge on any atom is 0.246 e. The van der Waals surface area contributed by atoms with E-state index in [4.69, 9.17) is 5.73 Å². The summed E-state index contributed by atoms with van der Waals surface area (Å²) in [5, 5.41) is 0. The average Bonchev–Trinajstić information content (AvgIpc) is 2.61. The van der Waals surface area contributed by atoms with Gasteiger partial charge < -0.3 is 15.5 Å². The van der Waals surface area contributed by atoms with E-state index < -0.39 is 5.91 Å². The van der Waals surface area contributed by atoms with Crippen molar-refractivity contribution in [3.8, 4) is 0 Å². The zero-order valence-corrected chi connectivity index (χ0v) is 15.1. The van der Waals surface area contributed by atoms with Gasteiger partial charge in [-0.3, -0.25) is 9.59 Å². The summed E-state index contributed by atoms with van der Waals surface area (Å²) in [5.74, 6) is -0.940. The fourth-order valence-corrected chi connectivity index (χ4v) is 2.66. The molecule has 0 spiro atoms. The highest BCUT2D eigenvalue weighted by Gasteiger charge is 2.21. The van der Waals surface area contributed by atoms with Gasteiger partial charge in [0, 0.05) is 30.4 Å². The molecule has 5 nitrogen and oxygen atoms in total. The summed E-state index contributed by atoms with van der Waals surface area (Å²) in [6.07, 6.45) is 0.0822. The van der Waals surface area contributed by atoms with Gasteiger partial charge >= 0.3 is 0 Å². The SMILES string of the molecule is CC(C)N(CC(=O)N(CCC(N)=O)c1ccccc1)c1ccc(F)cc1. The Morgan fingerprint density at radius 1 is 1.00 bits per heavy atom. The van der Waals surface area contributed by atoms with E-state index in [2.05, 4.69) is 0 Å². The van der Waals surface area contributed by atoms with E-state index in [1.165, 1.54) is 12.1 Å². The minimum absolute atomic E-state index is 0.0400. The molecule has 0 aliphatic rings. The molecule has 26 heavy (non-hydrogen) atoms. The van der Waals surface area contributed by atoms with E-state index in [-0.39, 0.29) is 37.3 Å². The molecule has 0 heterocycles. The van der Waals surface area contributed by atoms with E-state index in [0.717, 1.165) is 5.69 Å². The highest BCUT2D eigenvalue weighted by molar-refractivity contribution is 5.97. The Bertz CT molecular complexity index is 732. The Labute approximate surface area is 153 Å². The quantitative estimate of drug-likeness (QED) is 0.790. The summed E-state index contributed by atoms with van der Waals surface area (Å²) in [4.78, 5) is 27.6. The van der Waals surface area contributed by atoms with Gasteiger partial charge in [0.2, 0.25) is 11.8 Å². The predicted molar refractivity (Wildman–Crippen MR) is 101 cm³/mol. The molecule has 2 rings (SSSR count). The van der Waals surface area contributed by atoms with Crippen molar-refractivity contribution in [1.82, 2.24) is 0 Å². The van der Waals surface area contributed by atoms with Crippen molar-refractivity contribution in [1.29, 1.82) is 0 Å². The molecule has 0 fully saturated rings. The Kier molecular flexibility index (Phi) is 6.72. The zero-order valence-electron chi connectivity index (χ0n) is 15.1. The fraction of sp³-hybridized carbons (Fsp3) is 0.300. The van der Waals surface area contributed by atoms with Crippen LogP contribution in [0, 0.1) is 5.82 Å². The van der Waals surface area contributed by atoms with Crippen LogP contribution in [0.25, 0.3) is 0 Å². The smallest absolute Gasteiger partial charge is 0.246 e. The van der Waals surface area contributed by atoms with Crippen LogP contribution in [0.5, 0.6) is 0 Å². The third-order valence-corrected chi connectivity index (χ3v) is 4.04. The first-order valence-corrected chi connectivity index (χ1v) is 8.54. The highest BCUT2D eigenvalue weighted by atomic mass is 19.1. The molecule has 0 unspecified atom stereocenters. The number of amides is 2. The molecule has 0 aliphatic carbocycles. The molecule has 0 atom stereocenters. The van der Waals surface area contributed by atoms with E-state index >= 15 is 0 Å². The Morgan fingerprint density at radius 2 is 1.62 bits per heavy atom. The number of hydrogen-bond donors (Lipinski definition) is 1. The third-order valence-electron chi connectivity index (χ3n) is 4.04. The Hall–Kier alpha value is -2.89. The lowest BCUT2D eigenvalue weighted by molar-refractivity contribution is -0.118. The number of carbonyl (C=O) groups is 2. The number of rotatable bonds is 8. The summed E-state index contributed by atoms with van der Waals surface area (Å²) >= 11 is 0. The van der Waals surface area contributed by atoms with E-state index in [0.29, 0.717) is 5.69 Å². The largest absolute Gasteiger partial charge is 0.370 e. The number of anilines is 2. The van der Waals surface area contributed by atoms with Crippen molar-refractivity contribution in [3.05, 3.63) is 60.4 Å². The number of benzene rings is 2. The lowest BCUT2D eigenvalue weighted by atomic mass is 10.2. The average molecular weight is 357 g/mol. The molecular formula is C20H24FN3O2. The van der Waals surface area contributed by atoms with E-state index in [9.17, 15) is 14.0 Å². The number of nitrogens with two attached hydrogens (primary N) is 1. The van der Waals surface area contributed by atoms with E-state index in [1.807, 2.05) is 49.1 Å². The first-order chi connectivity index (χ1) is 12.4. The second-order valence-corrected chi connectivity index (χ2v) is 6.30. The zero-order chi connectivity index (χ0) is 19.1. The molecule has 0 saturated heterocycles. The first kappa shape index (κ1) is 19.4. The molecule has 138 valence electrons. The van der Waals surface area contributed by atoms with Crippen LogP contribution in [0.1, 0.15) is 20.3 Å². The van der Waals surface area contributed by atoms with Crippen molar-refractivity contribution in [3.63, 3.8) is 0 Å². The molecule has 0 bridgehead atoms. The van der Waals surface area contributed by atoms with Gasteiger partial charge in [0.25, 0.3) is 0 Å². The van der Waals surface area contributed by atoms with Gasteiger partial charge in [-0.2, -0.15) is 0 Å². The molecule has 2 aromatic rings. The van der Waals surface area contributed by atoms with E-state index in [1.54, 1.807) is 17.0 Å². The van der Waals surface area contributed by atoms with Gasteiger partial charge in [0.15, 0.2) is 0 Å². The minimum Gasteiger partial charge on any atom is -0.370 e. The number of halogens is 1. The van der Waals surface area contributed by atoms with Gasteiger partial charge in [0.05, 0.1) is 6.54 Å². The molecule has 0 saturated carbocycles. The fourth-order valence-electron chi connectivity index (χ4n) is 2.66. The maximum atomic E-state index is 13.2. The molecule has 0 aromatic heterocycles. The number of nitrogens with zero attached hydrogens (tertiary/aromatic N) is 2. The summed E-state index contributed by atoms with van der Waals surface area (Å²) < 4.78 is 13.2. The molecule has 6 heteroatoms. The van der Waals surface area contributed by atoms with Crippen molar-refractivity contribution in [2.75, 3.05) is 22.9 Å². The van der Waals surface area contributed by atoms with Crippen LogP contribution in [-0.2, 0) is 9.59 Å². The van der Waals surface area contributed by atoms with Crippen LogP contribution in [0.4, 0.5) is 15.8 Å². The first-order valence-electron chi connectivity index (χ1n) is 8.54. The standard InChI is InChI=1S/C20H24FN3O2/c1-15(2)24(18-10-8-16(21)9-11-18)14-20(26)23(13-12-19(22)25)17-6-4-3-5-7-17/h3-11,15H,12-14H2,1-2H3,(H2,22,25). The van der Waals surface area contributed by atoms with Gasteiger partial charge in [-0.15, -0.1) is 0 Å². The number of hydrogen-bond acceptors (Lipinski definition) is 3. The summed E-state index contributed by atoms with van der Waals surface area (Å²) in [6, 6.07) is 15.2. The van der Waals surface area contributed by atoms with Crippen LogP contribution in [-0.4, -0.2) is 30.9 Å². The van der Waals surface area contributed by atoms with Gasteiger partial charge in [0.1, 0.15) is 5.82 Å². The van der Waals surface area contributed by atoms with Crippen LogP contribution in [0.3, 0.4) is 0 Å². The van der Waals surface area contributed by atoms with Crippen molar-refractivity contribution in [2.24, 2.45) is 5.73 Å². The highest BCUT2D eigenvalue weighted by Crippen LogP contribution is 2.20. The molecular weight excluding hydrogens is 333 g/mol. The minimum atomic E-state index is -0.460. The topological polar surface area (TPSA) is 66.6 Å². The summed E-state index contributed by atoms with van der Waals surface area (Å²) in [7, 11) is 0. The normalized spacial score (nSPS) is 10.6. The molecule has 2 aromatic carbocycles. The van der Waals surface area contributed by atoms with Crippen LogP contribution in [0.2, 0.25) is 0 Å². The molecule has 0 radical (unpaired) electrons. The van der Waals surface area contributed by atoms with Crippen LogP contribution in [0.15, 0.2) is 54.6 Å². The second kappa shape index (κ2) is 8.99.